The fourth-order valence-electron chi connectivity index (χ4n) is 1.80. The van der Waals surface area contributed by atoms with E-state index in [0.717, 1.165) is 12.1 Å². The zero-order valence-corrected chi connectivity index (χ0v) is 10.1. The number of benzene rings is 2. The van der Waals surface area contributed by atoms with E-state index in [0.29, 0.717) is 11.1 Å². The number of amides is 1. The molecule has 1 N–H and O–H groups in total. The maximum Gasteiger partial charge on any atom is 0.255 e. The van der Waals surface area contributed by atoms with Crippen LogP contribution in [0.25, 0.3) is 11.1 Å². The molecule has 1 heterocycles. The lowest BCUT2D eigenvalue weighted by Crippen LogP contribution is -2.14. The van der Waals surface area contributed by atoms with Gasteiger partial charge in [0.15, 0.2) is 12.0 Å². The van der Waals surface area contributed by atoms with Crippen molar-refractivity contribution in [1.82, 2.24) is 4.98 Å². The van der Waals surface area contributed by atoms with Crippen molar-refractivity contribution >= 4 is 22.7 Å². The van der Waals surface area contributed by atoms with Gasteiger partial charge in [0, 0.05) is 5.56 Å². The summed E-state index contributed by atoms with van der Waals surface area (Å²) in [6.07, 6.45) is 1.25. The highest BCUT2D eigenvalue weighted by molar-refractivity contribution is 6.05. The highest BCUT2D eigenvalue weighted by atomic mass is 19.1. The molecule has 0 spiro atoms. The molecule has 0 saturated heterocycles. The SMILES string of the molecule is O=C(Nc1c(F)cccc1F)c1ccc2ocnc2c1. The van der Waals surface area contributed by atoms with Gasteiger partial charge in [0.2, 0.25) is 0 Å². The van der Waals surface area contributed by atoms with E-state index in [1.165, 1.54) is 24.6 Å². The normalized spacial score (nSPS) is 10.7. The van der Waals surface area contributed by atoms with Crippen molar-refractivity contribution in [3.05, 3.63) is 60.0 Å². The first-order valence-corrected chi connectivity index (χ1v) is 5.74. The summed E-state index contributed by atoms with van der Waals surface area (Å²) in [7, 11) is 0. The Bertz CT molecular complexity index is 778. The number of aromatic nitrogens is 1. The summed E-state index contributed by atoms with van der Waals surface area (Å²) in [5, 5.41) is 2.20. The highest BCUT2D eigenvalue weighted by Crippen LogP contribution is 2.20. The van der Waals surface area contributed by atoms with Crippen LogP contribution in [0, 0.1) is 11.6 Å². The number of hydrogen-bond donors (Lipinski definition) is 1. The van der Waals surface area contributed by atoms with Crippen LogP contribution in [-0.4, -0.2) is 10.9 Å². The van der Waals surface area contributed by atoms with E-state index in [2.05, 4.69) is 10.3 Å². The molecule has 0 atom stereocenters. The molecule has 1 amide bonds. The number of carbonyl (C=O) groups excluding carboxylic acids is 1. The highest BCUT2D eigenvalue weighted by Gasteiger charge is 2.14. The molecule has 2 aromatic carbocycles. The van der Waals surface area contributed by atoms with Crippen LogP contribution in [0.5, 0.6) is 0 Å². The lowest BCUT2D eigenvalue weighted by Gasteiger charge is -2.07. The van der Waals surface area contributed by atoms with E-state index in [9.17, 15) is 13.6 Å². The summed E-state index contributed by atoms with van der Waals surface area (Å²) in [6, 6.07) is 7.89. The molecule has 20 heavy (non-hydrogen) atoms. The van der Waals surface area contributed by atoms with Gasteiger partial charge in [-0.3, -0.25) is 4.79 Å². The lowest BCUT2D eigenvalue weighted by molar-refractivity contribution is 0.102. The number of oxazole rings is 1. The Morgan fingerprint density at radius 1 is 1.15 bits per heavy atom. The molecule has 0 aliphatic rings. The van der Waals surface area contributed by atoms with E-state index in [1.807, 2.05) is 0 Å². The Morgan fingerprint density at radius 2 is 1.90 bits per heavy atom. The molecule has 6 heteroatoms. The second-order valence-corrected chi connectivity index (χ2v) is 4.09. The van der Waals surface area contributed by atoms with Crippen LogP contribution in [0.2, 0.25) is 0 Å². The van der Waals surface area contributed by atoms with E-state index in [1.54, 1.807) is 6.07 Å². The third-order valence-corrected chi connectivity index (χ3v) is 2.79. The first kappa shape index (κ1) is 12.3. The molecule has 100 valence electrons. The summed E-state index contributed by atoms with van der Waals surface area (Å²) in [6.45, 7) is 0. The fourth-order valence-corrected chi connectivity index (χ4v) is 1.80. The molecule has 4 nitrogen and oxygen atoms in total. The molecule has 3 rings (SSSR count). The number of nitrogens with zero attached hydrogens (tertiary/aromatic N) is 1. The minimum absolute atomic E-state index is 0.231. The number of hydrogen-bond acceptors (Lipinski definition) is 3. The number of rotatable bonds is 2. The van der Waals surface area contributed by atoms with Gasteiger partial charge in [0.25, 0.3) is 5.91 Å². The summed E-state index contributed by atoms with van der Waals surface area (Å²) >= 11 is 0. The van der Waals surface area contributed by atoms with Crippen LogP contribution in [0.4, 0.5) is 14.5 Å². The van der Waals surface area contributed by atoms with Crippen molar-refractivity contribution in [2.45, 2.75) is 0 Å². The van der Waals surface area contributed by atoms with Crippen molar-refractivity contribution in [2.75, 3.05) is 5.32 Å². The van der Waals surface area contributed by atoms with Gasteiger partial charge < -0.3 is 9.73 Å². The summed E-state index contributed by atoms with van der Waals surface area (Å²) < 4.78 is 31.9. The van der Waals surface area contributed by atoms with E-state index in [4.69, 9.17) is 4.42 Å². The molecule has 0 unspecified atom stereocenters. The van der Waals surface area contributed by atoms with Crippen molar-refractivity contribution < 1.29 is 18.0 Å². The van der Waals surface area contributed by atoms with E-state index < -0.39 is 23.2 Å². The van der Waals surface area contributed by atoms with E-state index in [-0.39, 0.29) is 5.56 Å². The van der Waals surface area contributed by atoms with Gasteiger partial charge in [-0.25, -0.2) is 13.8 Å². The average Bonchev–Trinajstić information content (AvgIpc) is 2.90. The average molecular weight is 274 g/mol. The van der Waals surface area contributed by atoms with Gasteiger partial charge >= 0.3 is 0 Å². The van der Waals surface area contributed by atoms with Gasteiger partial charge in [-0.05, 0) is 30.3 Å². The van der Waals surface area contributed by atoms with Gasteiger partial charge in [-0.2, -0.15) is 0 Å². The second-order valence-electron chi connectivity index (χ2n) is 4.09. The zero-order chi connectivity index (χ0) is 14.1. The van der Waals surface area contributed by atoms with Crippen LogP contribution < -0.4 is 5.32 Å². The first-order valence-electron chi connectivity index (χ1n) is 5.74. The number of fused-ring (bicyclic) bond motifs is 1. The summed E-state index contributed by atoms with van der Waals surface area (Å²) in [5.74, 6) is -2.29. The Kier molecular flexibility index (Phi) is 2.90. The zero-order valence-electron chi connectivity index (χ0n) is 10.1. The van der Waals surface area contributed by atoms with Gasteiger partial charge in [0.1, 0.15) is 22.8 Å². The molecule has 0 saturated carbocycles. The summed E-state index contributed by atoms with van der Waals surface area (Å²) in [4.78, 5) is 15.9. The maximum absolute atomic E-state index is 13.4. The van der Waals surface area contributed by atoms with Crippen LogP contribution >= 0.6 is 0 Å². The van der Waals surface area contributed by atoms with Crippen LogP contribution in [0.1, 0.15) is 10.4 Å². The lowest BCUT2D eigenvalue weighted by atomic mass is 10.2. The predicted octanol–water partition coefficient (Wildman–Crippen LogP) is 3.36. The van der Waals surface area contributed by atoms with Crippen LogP contribution in [-0.2, 0) is 0 Å². The molecule has 0 aliphatic heterocycles. The fraction of sp³-hybridized carbons (Fsp3) is 0. The molecule has 0 fully saturated rings. The predicted molar refractivity (Wildman–Crippen MR) is 68.3 cm³/mol. The molecule has 0 radical (unpaired) electrons. The van der Waals surface area contributed by atoms with Crippen molar-refractivity contribution in [2.24, 2.45) is 0 Å². The van der Waals surface area contributed by atoms with E-state index >= 15 is 0 Å². The Morgan fingerprint density at radius 3 is 2.65 bits per heavy atom. The van der Waals surface area contributed by atoms with Gasteiger partial charge in [-0.1, -0.05) is 6.07 Å². The topological polar surface area (TPSA) is 55.1 Å². The Hall–Kier alpha value is -2.76. The second kappa shape index (κ2) is 4.73. The molecule has 0 aliphatic carbocycles. The molecule has 1 aromatic heterocycles. The number of para-hydroxylation sites is 1. The molecular formula is C14H8F2N2O2. The maximum atomic E-state index is 13.4. The monoisotopic (exact) mass is 274 g/mol. The minimum atomic E-state index is -0.833. The van der Waals surface area contributed by atoms with Gasteiger partial charge in [-0.15, -0.1) is 0 Å². The third-order valence-electron chi connectivity index (χ3n) is 2.79. The van der Waals surface area contributed by atoms with Crippen molar-refractivity contribution in [1.29, 1.82) is 0 Å². The van der Waals surface area contributed by atoms with Crippen molar-refractivity contribution in [3.63, 3.8) is 0 Å². The number of halogens is 2. The minimum Gasteiger partial charge on any atom is -0.443 e. The molecule has 3 aromatic rings. The smallest absolute Gasteiger partial charge is 0.255 e. The third kappa shape index (κ3) is 2.11. The van der Waals surface area contributed by atoms with Crippen LogP contribution in [0.3, 0.4) is 0 Å². The van der Waals surface area contributed by atoms with Crippen LogP contribution in [0.15, 0.2) is 47.2 Å². The Balaban J connectivity index is 1.92. The number of nitrogens with one attached hydrogen (secondary N) is 1. The van der Waals surface area contributed by atoms with Gasteiger partial charge in [0.05, 0.1) is 0 Å². The molecule has 0 bridgehead atoms. The standard InChI is InChI=1S/C14H8F2N2O2/c15-9-2-1-3-10(16)13(9)18-14(19)8-4-5-12-11(6-8)17-7-20-12/h1-7H,(H,18,19). The first-order chi connectivity index (χ1) is 9.65. The summed E-state index contributed by atoms with van der Waals surface area (Å²) in [5.41, 5.74) is 0.775. The number of carbonyl (C=O) groups is 1. The quantitative estimate of drug-likeness (QED) is 0.779. The number of anilines is 1. The van der Waals surface area contributed by atoms with Crippen molar-refractivity contribution in [3.8, 4) is 0 Å². The molecular weight excluding hydrogens is 266 g/mol. The Labute approximate surface area is 112 Å². The largest absolute Gasteiger partial charge is 0.443 e.